The third kappa shape index (κ3) is 4.17. The van der Waals surface area contributed by atoms with E-state index in [4.69, 9.17) is 4.74 Å². The van der Waals surface area contributed by atoms with Gasteiger partial charge in [-0.2, -0.15) is 0 Å². The molecule has 142 valence electrons. The lowest BCUT2D eigenvalue weighted by Gasteiger charge is -2.14. The third-order valence-corrected chi connectivity index (χ3v) is 3.62. The van der Waals surface area contributed by atoms with Gasteiger partial charge in [-0.25, -0.2) is 13.6 Å². The van der Waals surface area contributed by atoms with Crippen molar-refractivity contribution in [3.63, 3.8) is 0 Å². The molecule has 0 unspecified atom stereocenters. The number of carboxylic acid groups (broad SMARTS) is 1. The molecule has 0 saturated heterocycles. The van der Waals surface area contributed by atoms with Gasteiger partial charge in [-0.3, -0.25) is 9.59 Å². The lowest BCUT2D eigenvalue weighted by Crippen LogP contribution is -2.32. The van der Waals surface area contributed by atoms with Crippen LogP contribution in [0.15, 0.2) is 29.2 Å². The molecule has 0 saturated carbocycles. The summed E-state index contributed by atoms with van der Waals surface area (Å²) in [6, 6.07) is 2.78. The fraction of sp³-hybridized carbons (Fsp3) is 0.176. The number of ether oxygens (including phenoxy) is 1. The predicted molar refractivity (Wildman–Crippen MR) is 87.8 cm³/mol. The molecule has 1 aromatic heterocycles. The maximum atomic E-state index is 13.6. The van der Waals surface area contributed by atoms with Crippen molar-refractivity contribution in [3.05, 3.63) is 63.1 Å². The molecular weight excluding hydrogens is 366 g/mol. The molecule has 1 heterocycles. The lowest BCUT2D eigenvalue weighted by molar-refractivity contribution is -0.108. The van der Waals surface area contributed by atoms with Gasteiger partial charge in [0.25, 0.3) is 5.91 Å². The van der Waals surface area contributed by atoms with Gasteiger partial charge in [0.1, 0.15) is 23.5 Å². The molecule has 0 bridgehead atoms. The molecule has 10 heteroatoms. The van der Waals surface area contributed by atoms with Crippen molar-refractivity contribution in [2.45, 2.75) is 13.1 Å². The second-order valence-electron chi connectivity index (χ2n) is 5.30. The van der Waals surface area contributed by atoms with Gasteiger partial charge in [-0.05, 0) is 6.07 Å². The van der Waals surface area contributed by atoms with Gasteiger partial charge in [-0.1, -0.05) is 6.07 Å². The van der Waals surface area contributed by atoms with Gasteiger partial charge in [0.2, 0.25) is 5.43 Å². The van der Waals surface area contributed by atoms with Crippen LogP contribution in [0.5, 0.6) is 5.75 Å². The first-order valence-corrected chi connectivity index (χ1v) is 7.50. The van der Waals surface area contributed by atoms with E-state index in [2.05, 4.69) is 5.32 Å². The first kappa shape index (κ1) is 19.8. The number of carbonyl (C=O) groups excluding carboxylic acids is 2. The number of nitrogens with zero attached hydrogens (tertiary/aromatic N) is 1. The summed E-state index contributed by atoms with van der Waals surface area (Å²) < 4.78 is 32.2. The summed E-state index contributed by atoms with van der Waals surface area (Å²) in [5.41, 5.74) is -2.11. The zero-order valence-electron chi connectivity index (χ0n) is 14.0. The number of aromatic carboxylic acids is 1. The van der Waals surface area contributed by atoms with Gasteiger partial charge in [0, 0.05) is 24.4 Å². The molecule has 0 aliphatic carbocycles. The van der Waals surface area contributed by atoms with Crippen LogP contribution < -0.4 is 15.5 Å². The summed E-state index contributed by atoms with van der Waals surface area (Å²) in [5, 5.41) is 11.5. The van der Waals surface area contributed by atoms with E-state index in [1.54, 1.807) is 0 Å². The molecule has 8 nitrogen and oxygen atoms in total. The van der Waals surface area contributed by atoms with Crippen LogP contribution in [-0.2, 0) is 17.9 Å². The number of amides is 1. The average molecular weight is 380 g/mol. The Morgan fingerprint density at radius 2 is 2.04 bits per heavy atom. The average Bonchev–Trinajstić information content (AvgIpc) is 2.61. The van der Waals surface area contributed by atoms with E-state index in [1.165, 1.54) is 0 Å². The molecule has 2 aromatic rings. The van der Waals surface area contributed by atoms with Gasteiger partial charge in [0.15, 0.2) is 11.4 Å². The van der Waals surface area contributed by atoms with Crippen molar-refractivity contribution < 1.29 is 33.0 Å². The molecular formula is C17H14F2N2O6. The van der Waals surface area contributed by atoms with Crippen molar-refractivity contribution in [1.29, 1.82) is 0 Å². The lowest BCUT2D eigenvalue weighted by atomic mass is 10.1. The maximum absolute atomic E-state index is 13.6. The number of halogens is 2. The highest BCUT2D eigenvalue weighted by Crippen LogP contribution is 2.15. The number of hydrogen-bond donors (Lipinski definition) is 2. The fourth-order valence-electron chi connectivity index (χ4n) is 2.37. The van der Waals surface area contributed by atoms with Gasteiger partial charge in [-0.15, -0.1) is 0 Å². The van der Waals surface area contributed by atoms with E-state index in [0.29, 0.717) is 12.4 Å². The number of aromatic nitrogens is 1. The minimum Gasteiger partial charge on any atom is -0.491 e. The highest BCUT2D eigenvalue weighted by Gasteiger charge is 2.24. The van der Waals surface area contributed by atoms with Crippen LogP contribution in [-0.4, -0.2) is 34.9 Å². The maximum Gasteiger partial charge on any atom is 0.356 e. The number of nitrogens with one attached hydrogen (secondary N) is 1. The SMILES string of the molecule is COc1c(C(=O)O)n(CC=O)cc(C(=O)NCc2ccc(F)cc2F)c1=O. The molecule has 0 fully saturated rings. The molecule has 0 aliphatic rings. The quantitative estimate of drug-likeness (QED) is 0.692. The highest BCUT2D eigenvalue weighted by atomic mass is 19.1. The molecule has 27 heavy (non-hydrogen) atoms. The van der Waals surface area contributed by atoms with Crippen molar-refractivity contribution in [3.8, 4) is 5.75 Å². The van der Waals surface area contributed by atoms with Crippen LogP contribution in [0.2, 0.25) is 0 Å². The summed E-state index contributed by atoms with van der Waals surface area (Å²) in [7, 11) is 1.05. The Morgan fingerprint density at radius 3 is 2.59 bits per heavy atom. The Kier molecular flexibility index (Phi) is 6.01. The normalized spacial score (nSPS) is 10.3. The summed E-state index contributed by atoms with van der Waals surface area (Å²) in [5.74, 6) is -4.75. The number of benzene rings is 1. The van der Waals surface area contributed by atoms with Crippen molar-refractivity contribution in [2.24, 2.45) is 0 Å². The van der Waals surface area contributed by atoms with Crippen LogP contribution in [0.1, 0.15) is 26.4 Å². The minimum atomic E-state index is -1.52. The fourth-order valence-corrected chi connectivity index (χ4v) is 2.37. The number of rotatable bonds is 7. The molecule has 0 atom stereocenters. The molecule has 0 radical (unpaired) electrons. The van der Waals surface area contributed by atoms with Crippen LogP contribution in [0.3, 0.4) is 0 Å². The summed E-state index contributed by atoms with van der Waals surface area (Å²) in [6.45, 7) is -0.786. The third-order valence-electron chi connectivity index (χ3n) is 3.62. The minimum absolute atomic E-state index is 0.0212. The Morgan fingerprint density at radius 1 is 1.33 bits per heavy atom. The Balaban J connectivity index is 2.40. The van der Waals surface area contributed by atoms with Crippen molar-refractivity contribution in [2.75, 3.05) is 7.11 Å². The molecule has 2 N–H and O–H groups in total. The van der Waals surface area contributed by atoms with Crippen LogP contribution in [0.4, 0.5) is 8.78 Å². The van der Waals surface area contributed by atoms with Gasteiger partial charge >= 0.3 is 5.97 Å². The Labute approximate surface area is 151 Å². The number of carboxylic acids is 1. The van der Waals surface area contributed by atoms with Crippen LogP contribution in [0, 0.1) is 11.6 Å². The van der Waals surface area contributed by atoms with E-state index in [0.717, 1.165) is 30.0 Å². The largest absolute Gasteiger partial charge is 0.491 e. The molecule has 2 rings (SSSR count). The topological polar surface area (TPSA) is 115 Å². The summed E-state index contributed by atoms with van der Waals surface area (Å²) >= 11 is 0. The number of hydrogen-bond acceptors (Lipinski definition) is 5. The van der Waals surface area contributed by atoms with E-state index in [1.807, 2.05) is 0 Å². The first-order chi connectivity index (χ1) is 12.8. The summed E-state index contributed by atoms with van der Waals surface area (Å²) in [6.07, 6.45) is 1.28. The highest BCUT2D eigenvalue weighted by molar-refractivity contribution is 5.96. The second kappa shape index (κ2) is 8.21. The smallest absolute Gasteiger partial charge is 0.356 e. The van der Waals surface area contributed by atoms with Gasteiger partial charge in [0.05, 0.1) is 13.7 Å². The Hall–Kier alpha value is -3.56. The van der Waals surface area contributed by atoms with E-state index in [-0.39, 0.29) is 12.1 Å². The molecule has 0 spiro atoms. The van der Waals surface area contributed by atoms with Crippen molar-refractivity contribution >= 4 is 18.2 Å². The second-order valence-corrected chi connectivity index (χ2v) is 5.30. The van der Waals surface area contributed by atoms with Crippen LogP contribution in [0.25, 0.3) is 0 Å². The molecule has 1 aromatic carbocycles. The number of methoxy groups -OCH3 is 1. The number of pyridine rings is 1. The zero-order valence-corrected chi connectivity index (χ0v) is 14.0. The molecule has 0 aliphatic heterocycles. The number of aldehydes is 1. The van der Waals surface area contributed by atoms with E-state index >= 15 is 0 Å². The van der Waals surface area contributed by atoms with Crippen LogP contribution >= 0.6 is 0 Å². The summed E-state index contributed by atoms with van der Waals surface area (Å²) in [4.78, 5) is 46.8. The Bertz CT molecular complexity index is 971. The van der Waals surface area contributed by atoms with E-state index in [9.17, 15) is 33.1 Å². The van der Waals surface area contributed by atoms with Gasteiger partial charge < -0.3 is 24.5 Å². The zero-order chi connectivity index (χ0) is 20.1. The predicted octanol–water partition coefficient (Wildman–Crippen LogP) is 0.962. The molecule has 1 amide bonds. The number of carbonyl (C=O) groups is 3. The van der Waals surface area contributed by atoms with Crippen molar-refractivity contribution in [1.82, 2.24) is 9.88 Å². The standard InChI is InChI=1S/C17H14F2N2O6/c1-27-15-13(17(25)26)21(4-5-22)8-11(14(15)23)16(24)20-7-9-2-3-10(18)6-12(9)19/h2-3,5-6,8H,4,7H2,1H3,(H,20,24)(H,25,26). The first-order valence-electron chi connectivity index (χ1n) is 7.50. The van der Waals surface area contributed by atoms with E-state index < -0.39 is 52.5 Å². The monoisotopic (exact) mass is 380 g/mol.